The second-order valence-electron chi connectivity index (χ2n) is 5.39. The first-order valence-electron chi connectivity index (χ1n) is 8.32. The van der Waals surface area contributed by atoms with E-state index < -0.39 is 16.9 Å². The summed E-state index contributed by atoms with van der Waals surface area (Å²) in [5.41, 5.74) is 1.68. The number of amides is 2. The number of nitro groups is 1. The van der Waals surface area contributed by atoms with Crippen LogP contribution in [0.3, 0.4) is 0 Å². The molecule has 0 aliphatic carbocycles. The summed E-state index contributed by atoms with van der Waals surface area (Å²) in [6, 6.07) is 9.69. The van der Waals surface area contributed by atoms with Crippen LogP contribution in [0.25, 0.3) is 0 Å². The summed E-state index contributed by atoms with van der Waals surface area (Å²) in [7, 11) is 0. The van der Waals surface area contributed by atoms with E-state index in [0.717, 1.165) is 0 Å². The van der Waals surface area contributed by atoms with Gasteiger partial charge in [0.2, 0.25) is 0 Å². The molecule has 0 saturated heterocycles. The number of anilines is 3. The van der Waals surface area contributed by atoms with Crippen LogP contribution in [0.2, 0.25) is 0 Å². The maximum atomic E-state index is 12.3. The molecule has 9 heteroatoms. The molecule has 0 radical (unpaired) electrons. The number of carbonyl (C=O) groups excluding carboxylic acids is 2. The number of urea groups is 1. The van der Waals surface area contributed by atoms with Gasteiger partial charge >= 0.3 is 12.0 Å². The molecule has 9 nitrogen and oxygen atoms in total. The van der Waals surface area contributed by atoms with Crippen molar-refractivity contribution in [2.75, 3.05) is 29.1 Å². The number of carbonyl (C=O) groups is 2. The van der Waals surface area contributed by atoms with E-state index in [9.17, 15) is 19.7 Å². The number of non-ortho nitro benzene ring substituents is 1. The van der Waals surface area contributed by atoms with Crippen molar-refractivity contribution in [2.24, 2.45) is 0 Å². The number of hydrogen-bond donors (Lipinski definition) is 3. The molecule has 2 rings (SSSR count). The Hall–Kier alpha value is -3.62. The van der Waals surface area contributed by atoms with Crippen LogP contribution in [0, 0.1) is 10.1 Å². The summed E-state index contributed by atoms with van der Waals surface area (Å²) >= 11 is 0. The van der Waals surface area contributed by atoms with Gasteiger partial charge in [-0.2, -0.15) is 0 Å². The van der Waals surface area contributed by atoms with E-state index in [2.05, 4.69) is 16.0 Å². The second kappa shape index (κ2) is 9.18. The van der Waals surface area contributed by atoms with Crippen molar-refractivity contribution in [3.63, 3.8) is 0 Å². The van der Waals surface area contributed by atoms with Gasteiger partial charge in [0.05, 0.1) is 28.5 Å². The number of nitrogens with one attached hydrogen (secondary N) is 3. The van der Waals surface area contributed by atoms with Crippen molar-refractivity contribution >= 4 is 34.7 Å². The quantitative estimate of drug-likeness (QED) is 0.385. The Morgan fingerprint density at radius 2 is 1.74 bits per heavy atom. The molecule has 0 spiro atoms. The molecular formula is C18H20N4O5. The molecule has 2 aromatic carbocycles. The van der Waals surface area contributed by atoms with E-state index in [-0.39, 0.29) is 12.3 Å². The maximum absolute atomic E-state index is 12.3. The molecule has 2 aromatic rings. The van der Waals surface area contributed by atoms with Crippen molar-refractivity contribution < 1.29 is 19.2 Å². The van der Waals surface area contributed by atoms with Crippen LogP contribution in [0.1, 0.15) is 24.2 Å². The van der Waals surface area contributed by atoms with Crippen molar-refractivity contribution in [3.8, 4) is 0 Å². The predicted molar refractivity (Wildman–Crippen MR) is 102 cm³/mol. The highest BCUT2D eigenvalue weighted by molar-refractivity contribution is 6.03. The van der Waals surface area contributed by atoms with E-state index in [0.29, 0.717) is 29.2 Å². The van der Waals surface area contributed by atoms with Gasteiger partial charge in [0.25, 0.3) is 5.69 Å². The van der Waals surface area contributed by atoms with Crippen LogP contribution in [0.15, 0.2) is 42.5 Å². The zero-order chi connectivity index (χ0) is 19.8. The minimum absolute atomic E-state index is 0.0717. The number of nitro benzene ring substituents is 1. The molecule has 27 heavy (non-hydrogen) atoms. The number of ether oxygens (including phenoxy) is 1. The van der Waals surface area contributed by atoms with E-state index in [4.69, 9.17) is 4.74 Å². The Kier molecular flexibility index (Phi) is 6.70. The van der Waals surface area contributed by atoms with Crippen LogP contribution in [0.5, 0.6) is 0 Å². The number of nitrogens with zero attached hydrogens (tertiary/aromatic N) is 1. The van der Waals surface area contributed by atoms with Crippen molar-refractivity contribution in [3.05, 3.63) is 58.1 Å². The van der Waals surface area contributed by atoms with Gasteiger partial charge in [0.15, 0.2) is 0 Å². The van der Waals surface area contributed by atoms with Crippen molar-refractivity contribution in [2.45, 2.75) is 13.8 Å². The van der Waals surface area contributed by atoms with Crippen LogP contribution in [0.4, 0.5) is 27.5 Å². The average molecular weight is 372 g/mol. The lowest BCUT2D eigenvalue weighted by atomic mass is 10.1. The van der Waals surface area contributed by atoms with E-state index in [1.807, 2.05) is 6.92 Å². The highest BCUT2D eigenvalue weighted by Gasteiger charge is 2.13. The van der Waals surface area contributed by atoms with Gasteiger partial charge < -0.3 is 20.7 Å². The highest BCUT2D eigenvalue weighted by Crippen LogP contribution is 2.24. The predicted octanol–water partition coefficient (Wildman–Crippen LogP) is 3.85. The monoisotopic (exact) mass is 372 g/mol. The Morgan fingerprint density at radius 3 is 2.33 bits per heavy atom. The van der Waals surface area contributed by atoms with Gasteiger partial charge in [-0.05, 0) is 44.2 Å². The normalized spacial score (nSPS) is 10.0. The minimum Gasteiger partial charge on any atom is -0.462 e. The smallest absolute Gasteiger partial charge is 0.338 e. The van der Waals surface area contributed by atoms with Crippen LogP contribution >= 0.6 is 0 Å². The van der Waals surface area contributed by atoms with Gasteiger partial charge in [-0.25, -0.2) is 9.59 Å². The summed E-state index contributed by atoms with van der Waals surface area (Å²) in [6.07, 6.45) is 0. The Bertz CT molecular complexity index is 836. The highest BCUT2D eigenvalue weighted by atomic mass is 16.6. The molecule has 2 amide bonds. The van der Waals surface area contributed by atoms with Gasteiger partial charge in [0, 0.05) is 24.4 Å². The van der Waals surface area contributed by atoms with Crippen molar-refractivity contribution in [1.82, 2.24) is 0 Å². The first-order valence-corrected chi connectivity index (χ1v) is 8.32. The molecule has 0 aliphatic rings. The third kappa shape index (κ3) is 5.43. The minimum atomic E-state index is -0.552. The Morgan fingerprint density at radius 1 is 1.04 bits per heavy atom. The molecule has 0 aromatic heterocycles. The lowest BCUT2D eigenvalue weighted by Gasteiger charge is -2.14. The number of esters is 1. The van der Waals surface area contributed by atoms with E-state index in [1.165, 1.54) is 30.3 Å². The molecule has 3 N–H and O–H groups in total. The van der Waals surface area contributed by atoms with Crippen LogP contribution in [-0.4, -0.2) is 30.1 Å². The zero-order valence-corrected chi connectivity index (χ0v) is 14.9. The number of benzene rings is 2. The average Bonchev–Trinajstić information content (AvgIpc) is 2.64. The molecule has 0 unspecified atom stereocenters. The summed E-state index contributed by atoms with van der Waals surface area (Å²) in [4.78, 5) is 34.3. The third-order valence-electron chi connectivity index (χ3n) is 3.48. The van der Waals surface area contributed by atoms with Crippen molar-refractivity contribution in [1.29, 1.82) is 0 Å². The Labute approximate surface area is 155 Å². The van der Waals surface area contributed by atoms with E-state index in [1.54, 1.807) is 19.1 Å². The molecule has 0 aliphatic heterocycles. The molecule has 0 heterocycles. The molecule has 0 saturated carbocycles. The fourth-order valence-corrected chi connectivity index (χ4v) is 2.28. The lowest BCUT2D eigenvalue weighted by molar-refractivity contribution is -0.384. The topological polar surface area (TPSA) is 123 Å². The second-order valence-corrected chi connectivity index (χ2v) is 5.39. The van der Waals surface area contributed by atoms with Gasteiger partial charge in [0.1, 0.15) is 0 Å². The van der Waals surface area contributed by atoms with Crippen LogP contribution < -0.4 is 16.0 Å². The van der Waals surface area contributed by atoms with E-state index >= 15 is 0 Å². The summed E-state index contributed by atoms with van der Waals surface area (Å²) < 4.78 is 4.97. The summed E-state index contributed by atoms with van der Waals surface area (Å²) in [6.45, 7) is 4.48. The summed E-state index contributed by atoms with van der Waals surface area (Å²) in [5.74, 6) is -0.487. The largest absolute Gasteiger partial charge is 0.462 e. The van der Waals surface area contributed by atoms with Crippen LogP contribution in [-0.2, 0) is 4.74 Å². The van der Waals surface area contributed by atoms with Gasteiger partial charge in [-0.1, -0.05) is 0 Å². The van der Waals surface area contributed by atoms with Gasteiger partial charge in [-0.3, -0.25) is 10.1 Å². The molecular weight excluding hydrogens is 352 g/mol. The number of rotatable bonds is 7. The fourth-order valence-electron chi connectivity index (χ4n) is 2.28. The lowest BCUT2D eigenvalue weighted by Crippen LogP contribution is -2.20. The fraction of sp³-hybridized carbons (Fsp3) is 0.222. The molecule has 0 bridgehead atoms. The SMILES string of the molecule is CCNc1ccc(C(=O)OCC)cc1NC(=O)Nc1ccc([N+](=O)[O-])cc1. The molecule has 0 atom stereocenters. The standard InChI is InChI=1S/C18H20N4O5/c1-3-19-15-10-5-12(17(23)27-4-2)11-16(15)21-18(24)20-13-6-8-14(9-7-13)22(25)26/h5-11,19H,3-4H2,1-2H3,(H2,20,21,24). The Balaban J connectivity index is 2.15. The first kappa shape index (κ1) is 19.7. The molecule has 142 valence electrons. The van der Waals surface area contributed by atoms with Gasteiger partial charge in [-0.15, -0.1) is 0 Å². The maximum Gasteiger partial charge on any atom is 0.338 e. The summed E-state index contributed by atoms with van der Waals surface area (Å²) in [5, 5.41) is 19.0. The number of hydrogen-bond acceptors (Lipinski definition) is 6. The first-order chi connectivity index (χ1) is 12.9. The zero-order valence-electron chi connectivity index (χ0n) is 14.9. The third-order valence-corrected chi connectivity index (χ3v) is 3.48. The molecule has 0 fully saturated rings.